The standard InChI is InChI=1S/C11H19N3S/c1-3-6-13-11(12)14-8-9(2)10-5-4-7-15-10/h4-5,7,9H,3,6,8H2,1-2H3,(H3,12,13,14). The largest absolute Gasteiger partial charge is 0.370 e. The quantitative estimate of drug-likeness (QED) is 0.596. The van der Waals surface area contributed by atoms with E-state index in [0.29, 0.717) is 11.9 Å². The van der Waals surface area contributed by atoms with Gasteiger partial charge in [-0.3, -0.25) is 4.99 Å². The van der Waals surface area contributed by atoms with E-state index in [4.69, 9.17) is 5.73 Å². The van der Waals surface area contributed by atoms with Crippen LogP contribution < -0.4 is 11.1 Å². The molecule has 0 bridgehead atoms. The molecule has 0 aromatic carbocycles. The summed E-state index contributed by atoms with van der Waals surface area (Å²) < 4.78 is 0. The summed E-state index contributed by atoms with van der Waals surface area (Å²) in [5.41, 5.74) is 5.70. The van der Waals surface area contributed by atoms with Crippen LogP contribution in [0.1, 0.15) is 31.1 Å². The van der Waals surface area contributed by atoms with Gasteiger partial charge < -0.3 is 11.1 Å². The Bertz CT molecular complexity index is 293. The predicted octanol–water partition coefficient (Wildman–Crippen LogP) is 2.17. The van der Waals surface area contributed by atoms with E-state index < -0.39 is 0 Å². The van der Waals surface area contributed by atoms with Crippen molar-refractivity contribution in [2.45, 2.75) is 26.2 Å². The highest BCUT2D eigenvalue weighted by Gasteiger charge is 2.05. The van der Waals surface area contributed by atoms with Gasteiger partial charge in [-0.25, -0.2) is 0 Å². The van der Waals surface area contributed by atoms with Crippen LogP contribution in [-0.2, 0) is 0 Å². The van der Waals surface area contributed by atoms with Crippen LogP contribution in [-0.4, -0.2) is 19.0 Å². The highest BCUT2D eigenvalue weighted by atomic mass is 32.1. The molecule has 4 heteroatoms. The molecule has 0 saturated heterocycles. The lowest BCUT2D eigenvalue weighted by Gasteiger charge is -2.07. The summed E-state index contributed by atoms with van der Waals surface area (Å²) in [5, 5.41) is 5.16. The maximum atomic E-state index is 5.70. The molecule has 3 nitrogen and oxygen atoms in total. The van der Waals surface area contributed by atoms with Crippen LogP contribution in [0.3, 0.4) is 0 Å². The smallest absolute Gasteiger partial charge is 0.188 e. The number of nitrogens with two attached hydrogens (primary N) is 1. The van der Waals surface area contributed by atoms with Crippen LogP contribution >= 0.6 is 11.3 Å². The summed E-state index contributed by atoms with van der Waals surface area (Å²) in [5.74, 6) is 1.01. The Labute approximate surface area is 95.4 Å². The first kappa shape index (κ1) is 12.0. The third-order valence-corrected chi connectivity index (χ3v) is 3.22. The molecule has 15 heavy (non-hydrogen) atoms. The van der Waals surface area contributed by atoms with Gasteiger partial charge >= 0.3 is 0 Å². The first-order chi connectivity index (χ1) is 7.24. The molecule has 0 aliphatic carbocycles. The Morgan fingerprint density at radius 3 is 3.07 bits per heavy atom. The van der Waals surface area contributed by atoms with Gasteiger partial charge in [0, 0.05) is 17.3 Å². The lowest BCUT2D eigenvalue weighted by Crippen LogP contribution is -2.32. The highest BCUT2D eigenvalue weighted by Crippen LogP contribution is 2.20. The zero-order chi connectivity index (χ0) is 11.1. The molecule has 0 aliphatic heterocycles. The van der Waals surface area contributed by atoms with Gasteiger partial charge in [-0.15, -0.1) is 11.3 Å². The van der Waals surface area contributed by atoms with E-state index in [1.54, 1.807) is 11.3 Å². The SMILES string of the molecule is CCCNC(N)=NCC(C)c1cccs1. The summed E-state index contributed by atoms with van der Waals surface area (Å²) in [6.07, 6.45) is 1.07. The van der Waals surface area contributed by atoms with Crippen molar-refractivity contribution in [2.24, 2.45) is 10.7 Å². The summed E-state index contributed by atoms with van der Waals surface area (Å²) in [6, 6.07) is 4.21. The number of aliphatic imine (C=N–C) groups is 1. The van der Waals surface area contributed by atoms with E-state index in [2.05, 4.69) is 41.7 Å². The topological polar surface area (TPSA) is 50.4 Å². The molecule has 84 valence electrons. The number of rotatable bonds is 5. The number of thiophene rings is 1. The van der Waals surface area contributed by atoms with Crippen molar-refractivity contribution in [3.05, 3.63) is 22.4 Å². The molecular formula is C11H19N3S. The van der Waals surface area contributed by atoms with Gasteiger partial charge in [0.25, 0.3) is 0 Å². The Kier molecular flexibility index (Phi) is 5.18. The molecule has 0 radical (unpaired) electrons. The van der Waals surface area contributed by atoms with Crippen LogP contribution in [0, 0.1) is 0 Å². The molecule has 1 unspecified atom stereocenters. The van der Waals surface area contributed by atoms with Crippen molar-refractivity contribution in [3.8, 4) is 0 Å². The summed E-state index contributed by atoms with van der Waals surface area (Å²) >= 11 is 1.77. The number of nitrogens with zero attached hydrogens (tertiary/aromatic N) is 1. The van der Waals surface area contributed by atoms with Gasteiger partial charge in [0.05, 0.1) is 6.54 Å². The molecule has 1 heterocycles. The Morgan fingerprint density at radius 2 is 2.47 bits per heavy atom. The summed E-state index contributed by atoms with van der Waals surface area (Å²) in [7, 11) is 0. The molecular weight excluding hydrogens is 206 g/mol. The van der Waals surface area contributed by atoms with Crippen LogP contribution in [0.15, 0.2) is 22.5 Å². The molecule has 0 spiro atoms. The zero-order valence-electron chi connectivity index (χ0n) is 9.36. The second-order valence-corrected chi connectivity index (χ2v) is 4.55. The van der Waals surface area contributed by atoms with Crippen molar-refractivity contribution < 1.29 is 0 Å². The van der Waals surface area contributed by atoms with Gasteiger partial charge in [0.2, 0.25) is 0 Å². The minimum Gasteiger partial charge on any atom is -0.370 e. The van der Waals surface area contributed by atoms with Crippen molar-refractivity contribution >= 4 is 17.3 Å². The maximum Gasteiger partial charge on any atom is 0.188 e. The highest BCUT2D eigenvalue weighted by molar-refractivity contribution is 7.10. The monoisotopic (exact) mass is 225 g/mol. The molecule has 0 saturated carbocycles. The van der Waals surface area contributed by atoms with Crippen molar-refractivity contribution in [1.29, 1.82) is 0 Å². The Morgan fingerprint density at radius 1 is 1.67 bits per heavy atom. The minimum absolute atomic E-state index is 0.451. The van der Waals surface area contributed by atoms with Crippen LogP contribution in [0.5, 0.6) is 0 Å². The second kappa shape index (κ2) is 6.45. The molecule has 3 N–H and O–H groups in total. The van der Waals surface area contributed by atoms with Gasteiger partial charge in [0.15, 0.2) is 5.96 Å². The average molecular weight is 225 g/mol. The molecule has 1 aromatic heterocycles. The number of hydrogen-bond donors (Lipinski definition) is 2. The second-order valence-electron chi connectivity index (χ2n) is 3.57. The van der Waals surface area contributed by atoms with Gasteiger partial charge in [-0.05, 0) is 17.9 Å². The van der Waals surface area contributed by atoms with E-state index in [0.717, 1.165) is 19.5 Å². The predicted molar refractivity (Wildman–Crippen MR) is 67.5 cm³/mol. The van der Waals surface area contributed by atoms with E-state index in [9.17, 15) is 0 Å². The van der Waals surface area contributed by atoms with Crippen molar-refractivity contribution in [3.63, 3.8) is 0 Å². The lowest BCUT2D eigenvalue weighted by molar-refractivity contribution is 0.771. The molecule has 1 atom stereocenters. The average Bonchev–Trinajstić information content (AvgIpc) is 2.76. The number of guanidine groups is 1. The van der Waals surface area contributed by atoms with Gasteiger partial charge in [0.1, 0.15) is 0 Å². The van der Waals surface area contributed by atoms with Crippen LogP contribution in [0.4, 0.5) is 0 Å². The fourth-order valence-corrected chi connectivity index (χ4v) is 1.98. The molecule has 1 rings (SSSR count). The Hall–Kier alpha value is -1.03. The molecule has 1 aromatic rings. The summed E-state index contributed by atoms with van der Waals surface area (Å²) in [4.78, 5) is 5.67. The van der Waals surface area contributed by atoms with Gasteiger partial charge in [-0.1, -0.05) is 19.9 Å². The van der Waals surface area contributed by atoms with Gasteiger partial charge in [-0.2, -0.15) is 0 Å². The molecule has 0 fully saturated rings. The van der Waals surface area contributed by atoms with Crippen LogP contribution in [0.2, 0.25) is 0 Å². The van der Waals surface area contributed by atoms with E-state index >= 15 is 0 Å². The number of hydrogen-bond acceptors (Lipinski definition) is 2. The first-order valence-corrected chi connectivity index (χ1v) is 6.19. The number of nitrogens with one attached hydrogen (secondary N) is 1. The summed E-state index contributed by atoms with van der Waals surface area (Å²) in [6.45, 7) is 5.92. The van der Waals surface area contributed by atoms with Crippen LogP contribution in [0.25, 0.3) is 0 Å². The lowest BCUT2D eigenvalue weighted by atomic mass is 10.1. The van der Waals surface area contributed by atoms with E-state index in [1.807, 2.05) is 0 Å². The third kappa shape index (κ3) is 4.34. The fourth-order valence-electron chi connectivity index (χ4n) is 1.21. The zero-order valence-corrected chi connectivity index (χ0v) is 10.2. The molecule has 0 aliphatic rings. The first-order valence-electron chi connectivity index (χ1n) is 5.31. The van der Waals surface area contributed by atoms with E-state index in [1.165, 1.54) is 4.88 Å². The normalized spacial score (nSPS) is 13.9. The van der Waals surface area contributed by atoms with Crippen molar-refractivity contribution in [2.75, 3.05) is 13.1 Å². The fraction of sp³-hybridized carbons (Fsp3) is 0.545. The van der Waals surface area contributed by atoms with Crippen molar-refractivity contribution in [1.82, 2.24) is 5.32 Å². The Balaban J connectivity index is 2.35. The van der Waals surface area contributed by atoms with E-state index in [-0.39, 0.29) is 0 Å². The molecule has 0 amide bonds. The third-order valence-electron chi connectivity index (χ3n) is 2.12. The minimum atomic E-state index is 0.451. The maximum absolute atomic E-state index is 5.70.